The van der Waals surface area contributed by atoms with Gasteiger partial charge in [0.1, 0.15) is 0 Å². The molecule has 5 nitrogen and oxygen atoms in total. The van der Waals surface area contributed by atoms with Crippen molar-refractivity contribution in [2.24, 2.45) is 0 Å². The van der Waals surface area contributed by atoms with Gasteiger partial charge < -0.3 is 10.6 Å². The molecule has 3 aromatic rings. The molecule has 0 atom stereocenters. The molecule has 1 amide bonds. The van der Waals surface area contributed by atoms with Crippen LogP contribution in [-0.4, -0.2) is 16.1 Å². The average molecular weight is 339 g/mol. The molecule has 2 aromatic carbocycles. The Bertz CT molecular complexity index is 805. The number of carbonyl (C=O) groups excluding carboxylic acids is 1. The van der Waals surface area contributed by atoms with Crippen molar-refractivity contribution in [2.75, 3.05) is 5.32 Å². The van der Waals surface area contributed by atoms with Gasteiger partial charge in [-0.05, 0) is 42.0 Å². The molecule has 6 heteroatoms. The van der Waals surface area contributed by atoms with Crippen molar-refractivity contribution >= 4 is 29.0 Å². The lowest BCUT2D eigenvalue weighted by Gasteiger charge is -2.06. The molecular weight excluding hydrogens is 324 g/mol. The summed E-state index contributed by atoms with van der Waals surface area (Å²) in [6, 6.07) is 20.3. The van der Waals surface area contributed by atoms with Gasteiger partial charge in [-0.15, -0.1) is 10.2 Å². The molecule has 0 spiro atoms. The number of hydrogen-bond acceptors (Lipinski definition) is 4. The van der Waals surface area contributed by atoms with E-state index in [-0.39, 0.29) is 11.6 Å². The number of nitrogens with one attached hydrogen (secondary N) is 2. The summed E-state index contributed by atoms with van der Waals surface area (Å²) in [5.41, 5.74) is 2.14. The Kier molecular flexibility index (Phi) is 5.03. The van der Waals surface area contributed by atoms with Crippen molar-refractivity contribution in [1.29, 1.82) is 0 Å². The van der Waals surface area contributed by atoms with Crippen LogP contribution in [0.5, 0.6) is 0 Å². The van der Waals surface area contributed by atoms with Crippen LogP contribution in [0, 0.1) is 0 Å². The molecule has 1 heterocycles. The molecule has 0 aliphatic heterocycles. The molecule has 0 aliphatic carbocycles. The summed E-state index contributed by atoms with van der Waals surface area (Å²) in [5, 5.41) is 14.6. The summed E-state index contributed by atoms with van der Waals surface area (Å²) in [6.07, 6.45) is 0. The van der Waals surface area contributed by atoms with Gasteiger partial charge in [-0.2, -0.15) is 0 Å². The molecule has 0 bridgehead atoms. The first-order chi connectivity index (χ1) is 11.7. The van der Waals surface area contributed by atoms with Gasteiger partial charge in [-0.25, -0.2) is 0 Å². The lowest BCUT2D eigenvalue weighted by molar-refractivity contribution is 0.0945. The van der Waals surface area contributed by atoms with Crippen molar-refractivity contribution in [2.45, 2.75) is 6.54 Å². The van der Waals surface area contributed by atoms with Crippen LogP contribution in [0.2, 0.25) is 5.02 Å². The molecule has 0 saturated heterocycles. The third kappa shape index (κ3) is 4.30. The molecule has 0 saturated carbocycles. The minimum atomic E-state index is -0.274. The minimum Gasteiger partial charge on any atom is -0.347 e. The lowest BCUT2D eigenvalue weighted by Crippen LogP contribution is -2.24. The fraction of sp³-hybridized carbons (Fsp3) is 0.0556. The second kappa shape index (κ2) is 7.57. The van der Waals surface area contributed by atoms with Crippen LogP contribution in [0.15, 0.2) is 66.7 Å². The van der Waals surface area contributed by atoms with Crippen molar-refractivity contribution in [1.82, 2.24) is 15.5 Å². The van der Waals surface area contributed by atoms with Crippen molar-refractivity contribution in [3.8, 4) is 0 Å². The smallest absolute Gasteiger partial charge is 0.272 e. The fourth-order valence-corrected chi connectivity index (χ4v) is 2.19. The maximum atomic E-state index is 12.1. The first kappa shape index (κ1) is 16.0. The van der Waals surface area contributed by atoms with E-state index in [0.717, 1.165) is 11.3 Å². The van der Waals surface area contributed by atoms with E-state index in [1.54, 1.807) is 24.3 Å². The van der Waals surface area contributed by atoms with E-state index in [9.17, 15) is 4.79 Å². The third-order valence-corrected chi connectivity index (χ3v) is 3.56. The van der Waals surface area contributed by atoms with E-state index in [1.807, 2.05) is 42.5 Å². The third-order valence-electron chi connectivity index (χ3n) is 3.31. The van der Waals surface area contributed by atoms with Gasteiger partial charge >= 0.3 is 0 Å². The van der Waals surface area contributed by atoms with Crippen LogP contribution in [0.1, 0.15) is 16.1 Å². The number of carbonyl (C=O) groups is 1. The summed E-state index contributed by atoms with van der Waals surface area (Å²) in [6.45, 7) is 0.404. The first-order valence-corrected chi connectivity index (χ1v) is 7.77. The average Bonchev–Trinajstić information content (AvgIpc) is 2.62. The van der Waals surface area contributed by atoms with Crippen molar-refractivity contribution < 1.29 is 4.79 Å². The summed E-state index contributed by atoms with van der Waals surface area (Å²) in [5.74, 6) is 0.305. The quantitative estimate of drug-likeness (QED) is 0.742. The van der Waals surface area contributed by atoms with E-state index in [2.05, 4.69) is 20.8 Å². The zero-order valence-corrected chi connectivity index (χ0v) is 13.5. The van der Waals surface area contributed by atoms with Gasteiger partial charge in [0.2, 0.25) is 0 Å². The van der Waals surface area contributed by atoms with E-state index in [0.29, 0.717) is 17.4 Å². The monoisotopic (exact) mass is 338 g/mol. The molecular formula is C18H15ClN4O. The van der Waals surface area contributed by atoms with Crippen LogP contribution >= 0.6 is 11.6 Å². The Morgan fingerprint density at radius 3 is 2.33 bits per heavy atom. The number of halogens is 1. The van der Waals surface area contributed by atoms with E-state index in [4.69, 9.17) is 11.6 Å². The lowest BCUT2D eigenvalue weighted by atomic mass is 10.2. The highest BCUT2D eigenvalue weighted by molar-refractivity contribution is 6.30. The number of aromatic nitrogens is 2. The standard InChI is InChI=1S/C18H15ClN4O/c19-14-8-6-13(7-9-14)12-20-18(24)16-10-11-17(23-22-16)21-15-4-2-1-3-5-15/h1-11H,12H2,(H,20,24)(H,21,23). The normalized spacial score (nSPS) is 10.2. The number of hydrogen-bond donors (Lipinski definition) is 2. The van der Waals surface area contributed by atoms with Crippen molar-refractivity contribution in [3.05, 3.63) is 83.0 Å². The van der Waals surface area contributed by atoms with Gasteiger partial charge in [0.05, 0.1) is 0 Å². The van der Waals surface area contributed by atoms with Crippen LogP contribution in [0.3, 0.4) is 0 Å². The van der Waals surface area contributed by atoms with Crippen molar-refractivity contribution in [3.63, 3.8) is 0 Å². The molecule has 1 aromatic heterocycles. The highest BCUT2D eigenvalue weighted by Gasteiger charge is 2.08. The van der Waals surface area contributed by atoms with Gasteiger partial charge in [-0.3, -0.25) is 4.79 Å². The van der Waals surface area contributed by atoms with E-state index < -0.39 is 0 Å². The largest absolute Gasteiger partial charge is 0.347 e. The molecule has 2 N–H and O–H groups in total. The first-order valence-electron chi connectivity index (χ1n) is 7.39. The Hall–Kier alpha value is -2.92. The highest BCUT2D eigenvalue weighted by atomic mass is 35.5. The second-order valence-corrected chi connectivity index (χ2v) is 5.54. The predicted molar refractivity (Wildman–Crippen MR) is 94.4 cm³/mol. The number of benzene rings is 2. The number of nitrogens with zero attached hydrogens (tertiary/aromatic N) is 2. The summed E-state index contributed by atoms with van der Waals surface area (Å²) >= 11 is 5.83. The van der Waals surface area contributed by atoms with Gasteiger partial charge in [0, 0.05) is 17.3 Å². The van der Waals surface area contributed by atoms with Crippen LogP contribution in [0.25, 0.3) is 0 Å². The van der Waals surface area contributed by atoms with Crippen LogP contribution in [0.4, 0.5) is 11.5 Å². The zero-order valence-electron chi connectivity index (χ0n) is 12.7. The fourth-order valence-electron chi connectivity index (χ4n) is 2.06. The Labute approximate surface area is 144 Å². The minimum absolute atomic E-state index is 0.266. The molecule has 3 rings (SSSR count). The Morgan fingerprint density at radius 2 is 1.67 bits per heavy atom. The topological polar surface area (TPSA) is 66.9 Å². The molecule has 0 aliphatic rings. The summed E-state index contributed by atoms with van der Waals surface area (Å²) in [4.78, 5) is 12.1. The zero-order chi connectivity index (χ0) is 16.8. The van der Waals surface area contributed by atoms with Gasteiger partial charge in [0.15, 0.2) is 11.5 Å². The molecule has 120 valence electrons. The number of para-hydroxylation sites is 1. The van der Waals surface area contributed by atoms with Crippen LogP contribution in [-0.2, 0) is 6.54 Å². The summed E-state index contributed by atoms with van der Waals surface area (Å²) < 4.78 is 0. The Balaban J connectivity index is 1.58. The molecule has 24 heavy (non-hydrogen) atoms. The van der Waals surface area contributed by atoms with Gasteiger partial charge in [0.25, 0.3) is 5.91 Å². The number of anilines is 2. The highest BCUT2D eigenvalue weighted by Crippen LogP contribution is 2.13. The van der Waals surface area contributed by atoms with Crippen LogP contribution < -0.4 is 10.6 Å². The summed E-state index contributed by atoms with van der Waals surface area (Å²) in [7, 11) is 0. The molecule has 0 radical (unpaired) electrons. The maximum Gasteiger partial charge on any atom is 0.272 e. The number of rotatable bonds is 5. The van der Waals surface area contributed by atoms with Gasteiger partial charge in [-0.1, -0.05) is 41.9 Å². The van der Waals surface area contributed by atoms with E-state index >= 15 is 0 Å². The number of amides is 1. The SMILES string of the molecule is O=C(NCc1ccc(Cl)cc1)c1ccc(Nc2ccccc2)nn1. The molecule has 0 unspecified atom stereocenters. The predicted octanol–water partition coefficient (Wildman–Crippen LogP) is 3.80. The maximum absolute atomic E-state index is 12.1. The molecule has 0 fully saturated rings. The Morgan fingerprint density at radius 1 is 0.917 bits per heavy atom. The second-order valence-electron chi connectivity index (χ2n) is 5.10. The van der Waals surface area contributed by atoms with E-state index in [1.165, 1.54) is 0 Å².